The van der Waals surface area contributed by atoms with Crippen molar-refractivity contribution in [3.8, 4) is 5.69 Å². The maximum absolute atomic E-state index is 13.3. The first-order valence-electron chi connectivity index (χ1n) is 7.88. The second kappa shape index (κ2) is 6.31. The number of amides is 1. The molecule has 2 atom stereocenters. The lowest BCUT2D eigenvalue weighted by Crippen LogP contribution is -2.22. The van der Waals surface area contributed by atoms with Gasteiger partial charge in [-0.3, -0.25) is 4.79 Å². The monoisotopic (exact) mass is 373 g/mol. The number of aromatic nitrogens is 2. The van der Waals surface area contributed by atoms with E-state index in [0.717, 1.165) is 16.9 Å². The highest BCUT2D eigenvalue weighted by atomic mass is 32.2. The number of carbonyl (C=O) groups excluding carboxylic acids is 1. The predicted octanol–water partition coefficient (Wildman–Crippen LogP) is 4.54. The van der Waals surface area contributed by atoms with E-state index in [1.165, 1.54) is 17.7 Å². The van der Waals surface area contributed by atoms with Gasteiger partial charge in [0.15, 0.2) is 0 Å². The molecule has 4 nitrogen and oxygen atoms in total. The molecule has 25 heavy (non-hydrogen) atoms. The molecule has 1 aliphatic heterocycles. The van der Waals surface area contributed by atoms with E-state index in [-0.39, 0.29) is 22.2 Å². The summed E-state index contributed by atoms with van der Waals surface area (Å²) < 4.78 is 15.0. The van der Waals surface area contributed by atoms with Crippen LogP contribution in [-0.2, 0) is 4.79 Å². The lowest BCUT2D eigenvalue weighted by Gasteiger charge is -2.15. The van der Waals surface area contributed by atoms with Crippen LogP contribution in [0.3, 0.4) is 0 Å². The lowest BCUT2D eigenvalue weighted by atomic mass is 10.1. The highest BCUT2D eigenvalue weighted by Gasteiger charge is 2.34. The first-order chi connectivity index (χ1) is 12.0. The van der Waals surface area contributed by atoms with Crippen LogP contribution in [0.4, 0.5) is 10.2 Å². The number of thiophene rings is 1. The van der Waals surface area contributed by atoms with E-state index in [9.17, 15) is 9.18 Å². The largest absolute Gasteiger partial charge is 0.309 e. The van der Waals surface area contributed by atoms with Crippen LogP contribution in [0.5, 0.6) is 0 Å². The van der Waals surface area contributed by atoms with Gasteiger partial charge < -0.3 is 5.32 Å². The normalized spacial score (nSPS) is 20.0. The number of thioether (sulfide) groups is 1. The molecule has 0 radical (unpaired) electrons. The highest BCUT2D eigenvalue weighted by Crippen LogP contribution is 2.46. The van der Waals surface area contributed by atoms with E-state index in [2.05, 4.69) is 21.9 Å². The van der Waals surface area contributed by atoms with Crippen LogP contribution in [0.1, 0.15) is 29.0 Å². The van der Waals surface area contributed by atoms with Gasteiger partial charge in [0.05, 0.1) is 21.9 Å². The number of benzene rings is 1. The molecule has 0 unspecified atom stereocenters. The molecule has 1 aliphatic rings. The fourth-order valence-electron chi connectivity index (χ4n) is 2.96. The topological polar surface area (TPSA) is 46.9 Å². The number of hydrogen-bond donors (Lipinski definition) is 1. The van der Waals surface area contributed by atoms with Gasteiger partial charge in [-0.15, -0.1) is 11.8 Å². The van der Waals surface area contributed by atoms with Crippen molar-refractivity contribution in [2.24, 2.45) is 0 Å². The fourth-order valence-corrected chi connectivity index (χ4v) is 5.05. The second-order valence-corrected chi connectivity index (χ2v) is 8.17. The van der Waals surface area contributed by atoms with Crippen molar-refractivity contribution in [2.75, 3.05) is 5.32 Å². The summed E-state index contributed by atoms with van der Waals surface area (Å²) in [5.41, 5.74) is 3.75. The third-order valence-corrected chi connectivity index (χ3v) is 6.34. The summed E-state index contributed by atoms with van der Waals surface area (Å²) in [4.78, 5) is 12.5. The van der Waals surface area contributed by atoms with E-state index >= 15 is 0 Å². The number of nitrogens with zero attached hydrogens (tertiary/aromatic N) is 2. The molecule has 4 rings (SSSR count). The van der Waals surface area contributed by atoms with Gasteiger partial charge in [-0.25, -0.2) is 9.07 Å². The predicted molar refractivity (Wildman–Crippen MR) is 100 cm³/mol. The van der Waals surface area contributed by atoms with E-state index < -0.39 is 0 Å². The lowest BCUT2D eigenvalue weighted by molar-refractivity contribution is -0.115. The zero-order valence-electron chi connectivity index (χ0n) is 13.7. The van der Waals surface area contributed by atoms with Gasteiger partial charge in [-0.05, 0) is 60.5 Å². The molecule has 0 bridgehead atoms. The van der Waals surface area contributed by atoms with Gasteiger partial charge in [0.1, 0.15) is 11.6 Å². The van der Waals surface area contributed by atoms with E-state index in [0.29, 0.717) is 5.82 Å². The van der Waals surface area contributed by atoms with Crippen LogP contribution in [0, 0.1) is 12.7 Å². The Morgan fingerprint density at radius 2 is 2.00 bits per heavy atom. The molecule has 1 aromatic carbocycles. The summed E-state index contributed by atoms with van der Waals surface area (Å²) in [6, 6.07) is 8.20. The number of anilines is 1. The molecular formula is C18H16FN3OS2. The van der Waals surface area contributed by atoms with Crippen molar-refractivity contribution >= 4 is 34.8 Å². The van der Waals surface area contributed by atoms with Gasteiger partial charge >= 0.3 is 0 Å². The van der Waals surface area contributed by atoms with Gasteiger partial charge in [0, 0.05) is 5.56 Å². The third-order valence-electron chi connectivity index (χ3n) is 4.24. The van der Waals surface area contributed by atoms with Crippen LogP contribution < -0.4 is 5.32 Å². The summed E-state index contributed by atoms with van der Waals surface area (Å²) in [6.07, 6.45) is 0. The SMILES string of the molecule is Cc1nn(-c2ccc(F)cc2)c2c1[C@H](c1ccsc1)S[C@@H](C)C(=O)N2. The standard InChI is InChI=1S/C18H16FN3OS2/c1-10-15-16(12-7-8-24-9-12)25-11(2)18(23)20-17(15)22(21-10)14-5-3-13(19)4-6-14/h3-9,11,16H,1-2H3,(H,20,23)/t11-,16-/m0/s1. The Morgan fingerprint density at radius 1 is 1.24 bits per heavy atom. The minimum absolute atomic E-state index is 0.0319. The molecule has 3 aromatic rings. The third kappa shape index (κ3) is 2.87. The van der Waals surface area contributed by atoms with E-state index in [1.807, 2.05) is 19.2 Å². The average molecular weight is 373 g/mol. The Morgan fingerprint density at radius 3 is 2.68 bits per heavy atom. The molecule has 128 valence electrons. The van der Waals surface area contributed by atoms with Gasteiger partial charge in [0.25, 0.3) is 0 Å². The van der Waals surface area contributed by atoms with Crippen LogP contribution in [0.15, 0.2) is 41.1 Å². The Hall–Kier alpha value is -2.12. The highest BCUT2D eigenvalue weighted by molar-refractivity contribution is 8.01. The van der Waals surface area contributed by atoms with Crippen molar-refractivity contribution in [1.82, 2.24) is 9.78 Å². The van der Waals surface area contributed by atoms with Crippen molar-refractivity contribution in [3.05, 3.63) is 63.7 Å². The molecule has 7 heteroatoms. The van der Waals surface area contributed by atoms with Crippen LogP contribution in [0.2, 0.25) is 0 Å². The smallest absolute Gasteiger partial charge is 0.238 e. The van der Waals surface area contributed by atoms with E-state index in [4.69, 9.17) is 0 Å². The Balaban J connectivity index is 1.90. The number of aryl methyl sites for hydroxylation is 1. The van der Waals surface area contributed by atoms with E-state index in [1.54, 1.807) is 39.9 Å². The van der Waals surface area contributed by atoms with Crippen LogP contribution in [0.25, 0.3) is 5.69 Å². The first kappa shape index (κ1) is 16.4. The average Bonchev–Trinajstić information content (AvgIpc) is 3.19. The molecule has 1 N–H and O–H groups in total. The summed E-state index contributed by atoms with van der Waals surface area (Å²) in [5, 5.41) is 11.6. The first-order valence-corrected chi connectivity index (χ1v) is 9.77. The van der Waals surface area contributed by atoms with Crippen molar-refractivity contribution in [3.63, 3.8) is 0 Å². The zero-order valence-corrected chi connectivity index (χ0v) is 15.3. The number of rotatable bonds is 2. The molecule has 0 saturated heterocycles. The molecule has 0 spiro atoms. The Kier molecular flexibility index (Phi) is 4.13. The molecule has 3 heterocycles. The number of carbonyl (C=O) groups is 1. The molecule has 2 aromatic heterocycles. The maximum Gasteiger partial charge on any atom is 0.238 e. The summed E-state index contributed by atoms with van der Waals surface area (Å²) >= 11 is 3.26. The van der Waals surface area contributed by atoms with Gasteiger partial charge in [-0.1, -0.05) is 0 Å². The molecule has 0 aliphatic carbocycles. The van der Waals surface area contributed by atoms with Gasteiger partial charge in [-0.2, -0.15) is 16.4 Å². The maximum atomic E-state index is 13.3. The number of hydrogen-bond acceptors (Lipinski definition) is 4. The number of fused-ring (bicyclic) bond motifs is 1. The fraction of sp³-hybridized carbons (Fsp3) is 0.222. The zero-order chi connectivity index (χ0) is 17.6. The number of nitrogens with one attached hydrogen (secondary N) is 1. The van der Waals surface area contributed by atoms with Crippen LogP contribution >= 0.6 is 23.1 Å². The molecule has 1 amide bonds. The number of halogens is 1. The van der Waals surface area contributed by atoms with Crippen LogP contribution in [-0.4, -0.2) is 20.9 Å². The van der Waals surface area contributed by atoms with Crippen molar-refractivity contribution < 1.29 is 9.18 Å². The minimum Gasteiger partial charge on any atom is -0.309 e. The second-order valence-electron chi connectivity index (χ2n) is 5.94. The van der Waals surface area contributed by atoms with Gasteiger partial charge in [0.2, 0.25) is 5.91 Å². The van der Waals surface area contributed by atoms with Crippen molar-refractivity contribution in [2.45, 2.75) is 24.3 Å². The quantitative estimate of drug-likeness (QED) is 0.717. The molecular weight excluding hydrogens is 357 g/mol. The van der Waals surface area contributed by atoms with Crippen molar-refractivity contribution in [1.29, 1.82) is 0 Å². The minimum atomic E-state index is -0.303. The molecule has 0 fully saturated rings. The summed E-state index contributed by atoms with van der Waals surface area (Å²) in [5.74, 6) is 0.317. The Bertz CT molecular complexity index is 919. The Labute approximate surface area is 153 Å². The molecule has 0 saturated carbocycles. The summed E-state index contributed by atoms with van der Waals surface area (Å²) in [7, 11) is 0. The summed E-state index contributed by atoms with van der Waals surface area (Å²) in [6.45, 7) is 3.86.